The first-order valence-electron chi connectivity index (χ1n) is 4.67. The van der Waals surface area contributed by atoms with Gasteiger partial charge in [0.1, 0.15) is 0 Å². The SMILES string of the molecule is CC(C)c1cnc(F)c(C(C)C)c1. The van der Waals surface area contributed by atoms with E-state index in [-0.39, 0.29) is 11.9 Å². The van der Waals surface area contributed by atoms with Crippen molar-refractivity contribution in [2.24, 2.45) is 0 Å². The van der Waals surface area contributed by atoms with Crippen LogP contribution < -0.4 is 0 Å². The summed E-state index contributed by atoms with van der Waals surface area (Å²) in [4.78, 5) is 3.75. The van der Waals surface area contributed by atoms with Gasteiger partial charge in [-0.05, 0) is 23.5 Å². The molecule has 0 aliphatic carbocycles. The number of aromatic nitrogens is 1. The van der Waals surface area contributed by atoms with Crippen LogP contribution in [0.25, 0.3) is 0 Å². The number of halogens is 1. The molecule has 0 aliphatic rings. The van der Waals surface area contributed by atoms with Gasteiger partial charge in [0.25, 0.3) is 0 Å². The van der Waals surface area contributed by atoms with Gasteiger partial charge in [0, 0.05) is 11.8 Å². The van der Waals surface area contributed by atoms with E-state index in [0.29, 0.717) is 11.5 Å². The molecule has 0 spiro atoms. The Morgan fingerprint density at radius 1 is 1.15 bits per heavy atom. The monoisotopic (exact) mass is 181 g/mol. The zero-order valence-electron chi connectivity index (χ0n) is 8.63. The maximum atomic E-state index is 13.2. The first kappa shape index (κ1) is 10.2. The number of rotatable bonds is 2. The summed E-state index contributed by atoms with van der Waals surface area (Å²) < 4.78 is 13.2. The number of nitrogens with zero attached hydrogens (tertiary/aromatic N) is 1. The molecular formula is C11H16FN. The number of hydrogen-bond acceptors (Lipinski definition) is 1. The minimum atomic E-state index is -0.334. The van der Waals surface area contributed by atoms with Gasteiger partial charge in [-0.1, -0.05) is 27.7 Å². The topological polar surface area (TPSA) is 12.9 Å². The fourth-order valence-electron chi connectivity index (χ4n) is 1.20. The van der Waals surface area contributed by atoms with Crippen molar-refractivity contribution in [1.82, 2.24) is 4.98 Å². The second kappa shape index (κ2) is 3.86. The third-order valence-electron chi connectivity index (χ3n) is 2.18. The Morgan fingerprint density at radius 2 is 1.77 bits per heavy atom. The largest absolute Gasteiger partial charge is 0.228 e. The molecule has 0 saturated heterocycles. The average Bonchev–Trinajstić information content (AvgIpc) is 2.04. The normalized spacial score (nSPS) is 11.3. The molecule has 0 bridgehead atoms. The van der Waals surface area contributed by atoms with E-state index in [2.05, 4.69) is 18.8 Å². The molecule has 72 valence electrons. The zero-order valence-corrected chi connectivity index (χ0v) is 8.63. The lowest BCUT2D eigenvalue weighted by Gasteiger charge is -2.10. The van der Waals surface area contributed by atoms with Crippen LogP contribution in [-0.2, 0) is 0 Å². The number of hydrogen-bond donors (Lipinski definition) is 0. The molecule has 0 aliphatic heterocycles. The third kappa shape index (κ3) is 2.27. The quantitative estimate of drug-likeness (QED) is 0.637. The molecule has 1 nitrogen and oxygen atoms in total. The highest BCUT2D eigenvalue weighted by molar-refractivity contribution is 5.24. The Bertz CT molecular complexity index is 292. The molecule has 0 fully saturated rings. The van der Waals surface area contributed by atoms with Crippen LogP contribution in [0.15, 0.2) is 12.3 Å². The van der Waals surface area contributed by atoms with Crippen molar-refractivity contribution < 1.29 is 4.39 Å². The summed E-state index contributed by atoms with van der Waals surface area (Å²) in [7, 11) is 0. The van der Waals surface area contributed by atoms with Crippen LogP contribution in [0.5, 0.6) is 0 Å². The van der Waals surface area contributed by atoms with Crippen molar-refractivity contribution in [3.63, 3.8) is 0 Å². The molecule has 0 amide bonds. The summed E-state index contributed by atoms with van der Waals surface area (Å²) >= 11 is 0. The van der Waals surface area contributed by atoms with E-state index in [1.165, 1.54) is 0 Å². The van der Waals surface area contributed by atoms with Gasteiger partial charge >= 0.3 is 0 Å². The summed E-state index contributed by atoms with van der Waals surface area (Å²) in [5.74, 6) is 0.274. The van der Waals surface area contributed by atoms with Crippen LogP contribution in [-0.4, -0.2) is 4.98 Å². The molecular weight excluding hydrogens is 165 g/mol. The average molecular weight is 181 g/mol. The van der Waals surface area contributed by atoms with E-state index in [9.17, 15) is 4.39 Å². The fourth-order valence-corrected chi connectivity index (χ4v) is 1.20. The molecule has 1 aromatic heterocycles. The zero-order chi connectivity index (χ0) is 10.0. The lowest BCUT2D eigenvalue weighted by molar-refractivity contribution is 0.553. The van der Waals surface area contributed by atoms with E-state index in [1.807, 2.05) is 19.9 Å². The summed E-state index contributed by atoms with van der Waals surface area (Å²) in [5.41, 5.74) is 1.82. The van der Waals surface area contributed by atoms with Gasteiger partial charge in [0.2, 0.25) is 5.95 Å². The first-order chi connectivity index (χ1) is 6.02. The highest BCUT2D eigenvalue weighted by atomic mass is 19.1. The highest BCUT2D eigenvalue weighted by Crippen LogP contribution is 2.21. The molecule has 13 heavy (non-hydrogen) atoms. The van der Waals surface area contributed by atoms with Crippen molar-refractivity contribution in [1.29, 1.82) is 0 Å². The van der Waals surface area contributed by atoms with Crippen molar-refractivity contribution in [2.75, 3.05) is 0 Å². The second-order valence-corrected chi connectivity index (χ2v) is 3.96. The number of pyridine rings is 1. The van der Waals surface area contributed by atoms with Gasteiger partial charge in [-0.15, -0.1) is 0 Å². The Morgan fingerprint density at radius 3 is 2.23 bits per heavy atom. The fraction of sp³-hybridized carbons (Fsp3) is 0.545. The maximum absolute atomic E-state index is 13.2. The van der Waals surface area contributed by atoms with Gasteiger partial charge in [0.05, 0.1) is 0 Å². The van der Waals surface area contributed by atoms with Crippen LogP contribution >= 0.6 is 0 Å². The van der Waals surface area contributed by atoms with E-state index in [0.717, 1.165) is 5.56 Å². The molecule has 1 heterocycles. The molecule has 0 N–H and O–H groups in total. The summed E-state index contributed by atoms with van der Waals surface area (Å²) in [5, 5.41) is 0. The van der Waals surface area contributed by atoms with Gasteiger partial charge in [-0.25, -0.2) is 4.98 Å². The predicted octanol–water partition coefficient (Wildman–Crippen LogP) is 3.47. The van der Waals surface area contributed by atoms with Crippen LogP contribution in [0.1, 0.15) is 50.7 Å². The molecule has 1 aromatic rings. The molecule has 1 rings (SSSR count). The van der Waals surface area contributed by atoms with Crippen LogP contribution in [0.3, 0.4) is 0 Å². The lowest BCUT2D eigenvalue weighted by Crippen LogP contribution is -1.99. The van der Waals surface area contributed by atoms with Crippen LogP contribution in [0.2, 0.25) is 0 Å². The Kier molecular flexibility index (Phi) is 3.02. The summed E-state index contributed by atoms with van der Waals surface area (Å²) in [6.45, 7) is 8.12. The van der Waals surface area contributed by atoms with E-state index >= 15 is 0 Å². The standard InChI is InChI=1S/C11H16FN/c1-7(2)9-5-10(8(3)4)11(12)13-6-9/h5-8H,1-4H3. The van der Waals surface area contributed by atoms with Crippen molar-refractivity contribution in [2.45, 2.75) is 39.5 Å². The van der Waals surface area contributed by atoms with Crippen LogP contribution in [0.4, 0.5) is 4.39 Å². The van der Waals surface area contributed by atoms with Crippen molar-refractivity contribution in [3.05, 3.63) is 29.3 Å². The van der Waals surface area contributed by atoms with Crippen molar-refractivity contribution >= 4 is 0 Å². The minimum Gasteiger partial charge on any atom is -0.228 e. The minimum absolute atomic E-state index is 0.200. The van der Waals surface area contributed by atoms with Gasteiger partial charge < -0.3 is 0 Å². The Balaban J connectivity index is 3.11. The molecule has 0 aromatic carbocycles. The summed E-state index contributed by atoms with van der Waals surface area (Å²) in [6.07, 6.45) is 1.62. The van der Waals surface area contributed by atoms with Crippen LogP contribution in [0, 0.1) is 5.95 Å². The summed E-state index contributed by atoms with van der Waals surface area (Å²) in [6, 6.07) is 1.91. The van der Waals surface area contributed by atoms with E-state index < -0.39 is 0 Å². The van der Waals surface area contributed by atoms with Gasteiger partial charge in [-0.2, -0.15) is 4.39 Å². The Labute approximate surface area is 79.0 Å². The first-order valence-corrected chi connectivity index (χ1v) is 4.67. The van der Waals surface area contributed by atoms with Gasteiger partial charge in [0.15, 0.2) is 0 Å². The lowest BCUT2D eigenvalue weighted by atomic mass is 9.99. The highest BCUT2D eigenvalue weighted by Gasteiger charge is 2.10. The third-order valence-corrected chi connectivity index (χ3v) is 2.18. The smallest absolute Gasteiger partial charge is 0.216 e. The van der Waals surface area contributed by atoms with E-state index in [4.69, 9.17) is 0 Å². The maximum Gasteiger partial charge on any atom is 0.216 e. The van der Waals surface area contributed by atoms with Gasteiger partial charge in [-0.3, -0.25) is 0 Å². The van der Waals surface area contributed by atoms with Crippen molar-refractivity contribution in [3.8, 4) is 0 Å². The predicted molar refractivity (Wildman–Crippen MR) is 52.4 cm³/mol. The Hall–Kier alpha value is -0.920. The second-order valence-electron chi connectivity index (χ2n) is 3.96. The van der Waals surface area contributed by atoms with E-state index in [1.54, 1.807) is 6.20 Å². The molecule has 0 unspecified atom stereocenters. The molecule has 2 heteroatoms. The molecule has 0 saturated carbocycles. The molecule has 0 radical (unpaired) electrons. The molecule has 0 atom stereocenters.